The number of aromatic nitrogens is 2. The van der Waals surface area contributed by atoms with Crippen LogP contribution in [0.15, 0.2) is 185 Å². The number of esters is 4. The molecule has 1 aliphatic heterocycles. The van der Waals surface area contributed by atoms with Crippen LogP contribution in [-0.2, 0) is 23.7 Å². The van der Waals surface area contributed by atoms with Gasteiger partial charge in [-0.2, -0.15) is 4.98 Å². The zero-order chi connectivity index (χ0) is 49.2. The summed E-state index contributed by atoms with van der Waals surface area (Å²) in [5.41, 5.74) is 2.30. The fourth-order valence-corrected chi connectivity index (χ4v) is 9.65. The number of aryl methyl sites for hydroxylation is 2. The van der Waals surface area contributed by atoms with E-state index in [9.17, 15) is 19.2 Å². The molecule has 1 saturated heterocycles. The third kappa shape index (κ3) is 12.6. The molecule has 0 bridgehead atoms. The third-order valence-electron chi connectivity index (χ3n) is 10.7. The average molecular weight is 975 g/mol. The molecular weight excluding hydrogens is 925 g/mol. The molecule has 1 aromatic heterocycles. The molecule has 5 atom stereocenters. The van der Waals surface area contributed by atoms with Crippen LogP contribution in [0.2, 0.25) is 0 Å². The SMILES string of the molecule is Cc1ccc(N=c2nc(SC3O[C@H](COC(=O)c4ccccc4)[C@@H](OC(=O)c4ccccc4)[C@H](OC(=O)c4ccccc4)[C@H]3OC(=O)c3ccccc3)n(-c3cccc(C)c3)c(=NC(C)(C)C)s2)cc1. The highest BCUT2D eigenvalue weighted by molar-refractivity contribution is 7.99. The van der Waals surface area contributed by atoms with Crippen LogP contribution in [0.25, 0.3) is 5.69 Å². The van der Waals surface area contributed by atoms with Crippen molar-refractivity contribution in [1.82, 2.24) is 9.55 Å². The Morgan fingerprint density at radius 1 is 0.614 bits per heavy atom. The minimum absolute atomic E-state index is 0.172. The summed E-state index contributed by atoms with van der Waals surface area (Å²) < 4.78 is 33.9. The fourth-order valence-electron chi connectivity index (χ4n) is 7.29. The van der Waals surface area contributed by atoms with E-state index in [1.165, 1.54) is 11.3 Å². The van der Waals surface area contributed by atoms with Gasteiger partial charge >= 0.3 is 23.9 Å². The van der Waals surface area contributed by atoms with Gasteiger partial charge in [-0.3, -0.25) is 9.56 Å². The van der Waals surface area contributed by atoms with Crippen LogP contribution in [0.5, 0.6) is 0 Å². The summed E-state index contributed by atoms with van der Waals surface area (Å²) in [5, 5.41) is 0.303. The van der Waals surface area contributed by atoms with Crippen molar-refractivity contribution in [3.05, 3.63) is 213 Å². The van der Waals surface area contributed by atoms with E-state index in [2.05, 4.69) is 0 Å². The predicted molar refractivity (Wildman–Crippen MR) is 266 cm³/mol. The van der Waals surface area contributed by atoms with Gasteiger partial charge in [-0.1, -0.05) is 126 Å². The predicted octanol–water partition coefficient (Wildman–Crippen LogP) is 9.83. The Hall–Kier alpha value is -7.46. The molecule has 0 radical (unpaired) electrons. The Bertz CT molecular complexity index is 3090. The molecule has 0 amide bonds. The smallest absolute Gasteiger partial charge is 0.338 e. The van der Waals surface area contributed by atoms with Crippen molar-refractivity contribution in [3.8, 4) is 5.69 Å². The number of nitrogens with zero attached hydrogens (tertiary/aromatic N) is 4. The second-order valence-corrected chi connectivity index (χ2v) is 19.3. The van der Waals surface area contributed by atoms with Gasteiger partial charge in [0.1, 0.15) is 12.7 Å². The summed E-state index contributed by atoms with van der Waals surface area (Å²) >= 11 is 2.33. The van der Waals surface area contributed by atoms with Crippen LogP contribution in [0.1, 0.15) is 73.3 Å². The van der Waals surface area contributed by atoms with E-state index in [4.69, 9.17) is 38.7 Å². The molecule has 1 unspecified atom stereocenters. The molecular formula is C55H50N4O9S2. The standard InChI is InChI=1S/C55H50N4O9S2/c1-35-29-31-41(32-30-35)56-52-57-53(59(42-28-18-19-36(2)33-42)54(70-52)58-55(3,4)5)69-51-46(68-50(63)40-26-16-9-17-27-40)45(67-49(62)39-24-14-8-15-25-39)44(66-48(61)38-22-12-7-13-23-38)43(65-51)34-64-47(60)37-20-10-6-11-21-37/h6-33,43-46,51H,34H2,1-5H3/t43-,44-,45+,46-,51?/m1/s1. The summed E-state index contributed by atoms with van der Waals surface area (Å²) in [6.07, 6.45) is -5.94. The maximum atomic E-state index is 14.4. The van der Waals surface area contributed by atoms with Gasteiger partial charge in [0, 0.05) is 0 Å². The summed E-state index contributed by atoms with van der Waals surface area (Å²) in [6.45, 7) is 9.43. The molecule has 70 heavy (non-hydrogen) atoms. The Kier molecular flexibility index (Phi) is 15.6. The second kappa shape index (κ2) is 22.3. The maximum Gasteiger partial charge on any atom is 0.338 e. The first-order chi connectivity index (χ1) is 33.8. The van der Waals surface area contributed by atoms with E-state index >= 15 is 0 Å². The lowest BCUT2D eigenvalue weighted by Gasteiger charge is -2.44. The van der Waals surface area contributed by atoms with Gasteiger partial charge in [-0.05, 0) is 113 Å². The molecule has 356 valence electrons. The first kappa shape index (κ1) is 49.0. The number of hydrogen-bond donors (Lipinski definition) is 0. The zero-order valence-corrected chi connectivity index (χ0v) is 40.7. The Labute approximate surface area is 413 Å². The number of thioether (sulfide) groups is 1. The number of ether oxygens (including phenoxy) is 5. The van der Waals surface area contributed by atoms with E-state index in [-0.39, 0.29) is 22.3 Å². The van der Waals surface area contributed by atoms with E-state index in [1.54, 1.807) is 121 Å². The Balaban J connectivity index is 1.34. The molecule has 0 spiro atoms. The van der Waals surface area contributed by atoms with Crippen LogP contribution < -0.4 is 9.60 Å². The topological polar surface area (TPSA) is 157 Å². The maximum absolute atomic E-state index is 14.4. The van der Waals surface area contributed by atoms with Crippen LogP contribution >= 0.6 is 23.1 Å². The lowest BCUT2D eigenvalue weighted by atomic mass is 9.98. The van der Waals surface area contributed by atoms with Gasteiger partial charge in [0.25, 0.3) is 0 Å². The highest BCUT2D eigenvalue weighted by atomic mass is 32.2. The summed E-state index contributed by atoms with van der Waals surface area (Å²) in [5.74, 6) is -3.07. The molecule has 2 heterocycles. The normalized spacial score (nSPS) is 18.4. The summed E-state index contributed by atoms with van der Waals surface area (Å²) in [7, 11) is 0. The molecule has 1 aliphatic rings. The number of carbonyl (C=O) groups is 4. The zero-order valence-electron chi connectivity index (χ0n) is 39.0. The molecule has 8 rings (SSSR count). The monoisotopic (exact) mass is 974 g/mol. The average Bonchev–Trinajstić information content (AvgIpc) is 3.36. The van der Waals surface area contributed by atoms with Crippen LogP contribution in [0.3, 0.4) is 0 Å². The molecule has 0 saturated carbocycles. The van der Waals surface area contributed by atoms with Gasteiger partial charge in [-0.25, -0.2) is 24.2 Å². The van der Waals surface area contributed by atoms with Gasteiger partial charge in [0.2, 0.25) is 4.80 Å². The minimum atomic E-state index is -1.57. The van der Waals surface area contributed by atoms with Crippen molar-refractivity contribution in [3.63, 3.8) is 0 Å². The molecule has 13 nitrogen and oxygen atoms in total. The lowest BCUT2D eigenvalue weighted by molar-refractivity contribution is -0.207. The van der Waals surface area contributed by atoms with E-state index < -0.39 is 65.9 Å². The van der Waals surface area contributed by atoms with Gasteiger partial charge in [-0.15, -0.1) is 0 Å². The summed E-state index contributed by atoms with van der Waals surface area (Å²) in [4.78, 5) is 72.7. The summed E-state index contributed by atoms with van der Waals surface area (Å²) in [6, 6.07) is 48.7. The molecule has 0 aliphatic carbocycles. The van der Waals surface area contributed by atoms with E-state index in [0.717, 1.165) is 22.9 Å². The van der Waals surface area contributed by atoms with E-state index in [1.807, 2.05) is 87.7 Å². The van der Waals surface area contributed by atoms with Crippen molar-refractivity contribution >= 4 is 52.7 Å². The van der Waals surface area contributed by atoms with Crippen molar-refractivity contribution in [2.24, 2.45) is 9.98 Å². The van der Waals surface area contributed by atoms with Crippen LogP contribution in [-0.4, -0.2) is 75.4 Å². The number of rotatable bonds is 13. The van der Waals surface area contributed by atoms with Crippen molar-refractivity contribution in [1.29, 1.82) is 0 Å². The number of benzene rings is 6. The van der Waals surface area contributed by atoms with E-state index in [0.29, 0.717) is 26.1 Å². The van der Waals surface area contributed by atoms with Crippen molar-refractivity contribution in [2.45, 2.75) is 75.2 Å². The van der Waals surface area contributed by atoms with Crippen LogP contribution in [0, 0.1) is 13.8 Å². The van der Waals surface area contributed by atoms with Gasteiger partial charge < -0.3 is 23.7 Å². The minimum Gasteiger partial charge on any atom is -0.459 e. The quantitative estimate of drug-likeness (QED) is 0.0801. The molecule has 6 aromatic carbocycles. The van der Waals surface area contributed by atoms with Crippen molar-refractivity contribution in [2.75, 3.05) is 6.61 Å². The van der Waals surface area contributed by atoms with Crippen molar-refractivity contribution < 1.29 is 42.9 Å². The largest absolute Gasteiger partial charge is 0.459 e. The molecule has 1 fully saturated rings. The first-order valence-electron chi connectivity index (χ1n) is 22.5. The second-order valence-electron chi connectivity index (χ2n) is 17.3. The highest BCUT2D eigenvalue weighted by Crippen LogP contribution is 2.38. The molecule has 7 aromatic rings. The number of hydrogen-bond acceptors (Lipinski definition) is 14. The highest BCUT2D eigenvalue weighted by Gasteiger charge is 2.54. The number of carbonyl (C=O) groups excluding carboxylic acids is 4. The fraction of sp³-hybridized carbons (Fsp3) is 0.218. The Morgan fingerprint density at radius 2 is 1.11 bits per heavy atom. The van der Waals surface area contributed by atoms with Gasteiger partial charge in [0.05, 0.1) is 39.2 Å². The van der Waals surface area contributed by atoms with Crippen LogP contribution in [0.4, 0.5) is 5.69 Å². The Morgan fingerprint density at radius 3 is 1.63 bits per heavy atom. The third-order valence-corrected chi connectivity index (χ3v) is 12.6. The molecule has 0 N–H and O–H groups in total. The molecule has 15 heteroatoms. The lowest BCUT2D eigenvalue weighted by Crippen LogP contribution is -2.62. The van der Waals surface area contributed by atoms with Gasteiger partial charge in [0.15, 0.2) is 33.7 Å². The first-order valence-corrected chi connectivity index (χ1v) is 24.2.